The predicted octanol–water partition coefficient (Wildman–Crippen LogP) is 0.712. The van der Waals surface area contributed by atoms with Gasteiger partial charge in [-0.3, -0.25) is 0 Å². The fourth-order valence-corrected chi connectivity index (χ4v) is 1.19. The Morgan fingerprint density at radius 1 is 1.36 bits per heavy atom. The van der Waals surface area contributed by atoms with E-state index >= 15 is 0 Å². The molecule has 0 aliphatic carbocycles. The number of ether oxygens (including phenoxy) is 1. The Balaban J connectivity index is 2.58. The van der Waals surface area contributed by atoms with Crippen molar-refractivity contribution in [1.29, 1.82) is 0 Å². The maximum atomic E-state index is 5.29. The van der Waals surface area contributed by atoms with E-state index in [1.54, 1.807) is 6.26 Å². The van der Waals surface area contributed by atoms with Crippen LogP contribution in [0.1, 0.15) is 0 Å². The molecular weight excluding hydrogens is 178 g/mol. The van der Waals surface area contributed by atoms with Crippen molar-refractivity contribution in [3.63, 3.8) is 0 Å². The van der Waals surface area contributed by atoms with Gasteiger partial charge in [0.2, 0.25) is 0 Å². The summed E-state index contributed by atoms with van der Waals surface area (Å²) in [5.74, 6) is 1.08. The van der Waals surface area contributed by atoms with Crippen molar-refractivity contribution in [2.24, 2.45) is 0 Å². The second-order valence-electron chi connectivity index (χ2n) is 3.64. The summed E-state index contributed by atoms with van der Waals surface area (Å²) in [5, 5.41) is 0. The van der Waals surface area contributed by atoms with Crippen LogP contribution in [0.15, 0.2) is 24.5 Å². The molecule has 1 rings (SSSR count). The highest BCUT2D eigenvalue weighted by atomic mass is 16.5. The molecule has 0 fully saturated rings. The van der Waals surface area contributed by atoms with Crippen LogP contribution >= 0.6 is 0 Å². The number of hydrogen-bond acceptors (Lipinski definition) is 4. The molecule has 14 heavy (non-hydrogen) atoms. The zero-order chi connectivity index (χ0) is 10.6. The van der Waals surface area contributed by atoms with Crippen LogP contribution in [0.2, 0.25) is 0 Å². The van der Waals surface area contributed by atoms with Crippen molar-refractivity contribution in [3.05, 3.63) is 24.5 Å². The Labute approximate surface area is 86.0 Å². The van der Waals surface area contributed by atoms with Crippen molar-refractivity contribution < 1.29 is 4.74 Å². The van der Waals surface area contributed by atoms with Gasteiger partial charge in [-0.25, -0.2) is 0 Å². The summed E-state index contributed by atoms with van der Waals surface area (Å²) >= 11 is 0. The van der Waals surface area contributed by atoms with E-state index in [0.717, 1.165) is 19.0 Å². The maximum Gasteiger partial charge on any atom is 0.143 e. The fourth-order valence-electron chi connectivity index (χ4n) is 1.19. The number of nitrogens with zero attached hydrogens (tertiary/aromatic N) is 3. The standard InChI is InChI=1S/C10H19N3O/c1-11(2)5-6-12(3)10-9-14-8-7-13(10)4/h5-6,9H,7-8H2,1-4H3/b6-5-. The highest BCUT2D eigenvalue weighted by molar-refractivity contribution is 5.01. The number of likely N-dealkylation sites (N-methyl/N-ethyl adjacent to an activating group) is 1. The molecule has 0 aromatic heterocycles. The molecule has 0 aromatic rings. The van der Waals surface area contributed by atoms with Crippen LogP contribution in [-0.2, 0) is 4.74 Å². The first-order chi connectivity index (χ1) is 6.61. The van der Waals surface area contributed by atoms with Crippen molar-refractivity contribution in [1.82, 2.24) is 14.7 Å². The molecule has 0 saturated carbocycles. The van der Waals surface area contributed by atoms with Gasteiger partial charge in [-0.05, 0) is 0 Å². The van der Waals surface area contributed by atoms with Gasteiger partial charge >= 0.3 is 0 Å². The molecule has 4 nitrogen and oxygen atoms in total. The average Bonchev–Trinajstić information content (AvgIpc) is 2.15. The van der Waals surface area contributed by atoms with Gasteiger partial charge < -0.3 is 19.4 Å². The Morgan fingerprint density at radius 2 is 2.07 bits per heavy atom. The predicted molar refractivity (Wildman–Crippen MR) is 57.3 cm³/mol. The first-order valence-electron chi connectivity index (χ1n) is 4.72. The molecule has 1 heterocycles. The summed E-state index contributed by atoms with van der Waals surface area (Å²) in [6.07, 6.45) is 5.81. The normalized spacial score (nSPS) is 16.6. The van der Waals surface area contributed by atoms with Gasteiger partial charge in [0.25, 0.3) is 0 Å². The van der Waals surface area contributed by atoms with Gasteiger partial charge in [0.1, 0.15) is 18.7 Å². The van der Waals surface area contributed by atoms with Crippen LogP contribution in [-0.4, -0.2) is 56.0 Å². The summed E-state index contributed by atoms with van der Waals surface area (Å²) in [6, 6.07) is 0. The molecule has 0 radical (unpaired) electrons. The molecule has 0 bridgehead atoms. The molecule has 0 amide bonds. The van der Waals surface area contributed by atoms with E-state index < -0.39 is 0 Å². The lowest BCUT2D eigenvalue weighted by atomic mass is 10.5. The average molecular weight is 197 g/mol. The highest BCUT2D eigenvalue weighted by Crippen LogP contribution is 2.11. The van der Waals surface area contributed by atoms with Gasteiger partial charge in [0, 0.05) is 40.6 Å². The highest BCUT2D eigenvalue weighted by Gasteiger charge is 2.12. The molecule has 1 aliphatic rings. The lowest BCUT2D eigenvalue weighted by Crippen LogP contribution is -2.33. The zero-order valence-corrected chi connectivity index (χ0v) is 9.40. The molecule has 80 valence electrons. The Bertz CT molecular complexity index is 236. The molecule has 0 aromatic carbocycles. The molecule has 0 spiro atoms. The third kappa shape index (κ3) is 2.87. The van der Waals surface area contributed by atoms with Gasteiger partial charge in [0.15, 0.2) is 0 Å². The molecule has 4 heteroatoms. The second kappa shape index (κ2) is 4.79. The SMILES string of the molecule is CN(C)/C=C\N(C)C1=COCCN1C. The summed E-state index contributed by atoms with van der Waals surface area (Å²) in [7, 11) is 8.07. The van der Waals surface area contributed by atoms with E-state index in [1.165, 1.54) is 0 Å². The van der Waals surface area contributed by atoms with Gasteiger partial charge in [0.05, 0.1) is 6.54 Å². The van der Waals surface area contributed by atoms with Crippen LogP contribution in [0.5, 0.6) is 0 Å². The molecule has 0 saturated heterocycles. The molecule has 0 N–H and O–H groups in total. The molecule has 0 atom stereocenters. The summed E-state index contributed by atoms with van der Waals surface area (Å²) in [5.41, 5.74) is 0. The smallest absolute Gasteiger partial charge is 0.143 e. The summed E-state index contributed by atoms with van der Waals surface area (Å²) in [6.45, 7) is 1.71. The van der Waals surface area contributed by atoms with Crippen LogP contribution in [0.25, 0.3) is 0 Å². The summed E-state index contributed by atoms with van der Waals surface area (Å²) in [4.78, 5) is 6.21. The summed E-state index contributed by atoms with van der Waals surface area (Å²) < 4.78 is 5.29. The Hall–Kier alpha value is -1.32. The van der Waals surface area contributed by atoms with Crippen molar-refractivity contribution >= 4 is 0 Å². The first kappa shape index (κ1) is 10.8. The lowest BCUT2D eigenvalue weighted by Gasteiger charge is -2.31. The van der Waals surface area contributed by atoms with Crippen molar-refractivity contribution in [2.75, 3.05) is 41.3 Å². The Morgan fingerprint density at radius 3 is 2.64 bits per heavy atom. The fraction of sp³-hybridized carbons (Fsp3) is 0.600. The van der Waals surface area contributed by atoms with Crippen LogP contribution < -0.4 is 0 Å². The molecule has 1 aliphatic heterocycles. The van der Waals surface area contributed by atoms with E-state index in [0.29, 0.717) is 0 Å². The maximum absolute atomic E-state index is 5.29. The number of rotatable bonds is 3. The van der Waals surface area contributed by atoms with E-state index in [2.05, 4.69) is 11.9 Å². The molecular formula is C10H19N3O. The Kier molecular flexibility index (Phi) is 3.68. The van der Waals surface area contributed by atoms with Gasteiger partial charge in [-0.15, -0.1) is 0 Å². The van der Waals surface area contributed by atoms with Crippen molar-refractivity contribution in [2.45, 2.75) is 0 Å². The van der Waals surface area contributed by atoms with Crippen LogP contribution in [0, 0.1) is 0 Å². The van der Waals surface area contributed by atoms with Crippen LogP contribution in [0.4, 0.5) is 0 Å². The largest absolute Gasteiger partial charge is 0.496 e. The van der Waals surface area contributed by atoms with Gasteiger partial charge in [-0.1, -0.05) is 0 Å². The van der Waals surface area contributed by atoms with Gasteiger partial charge in [-0.2, -0.15) is 0 Å². The van der Waals surface area contributed by atoms with E-state index in [9.17, 15) is 0 Å². The minimum absolute atomic E-state index is 0.769. The van der Waals surface area contributed by atoms with E-state index in [4.69, 9.17) is 4.74 Å². The van der Waals surface area contributed by atoms with Crippen LogP contribution in [0.3, 0.4) is 0 Å². The zero-order valence-electron chi connectivity index (χ0n) is 9.40. The molecule has 0 unspecified atom stereocenters. The third-order valence-electron chi connectivity index (χ3n) is 2.07. The minimum atomic E-state index is 0.769. The van der Waals surface area contributed by atoms with Crippen molar-refractivity contribution in [3.8, 4) is 0 Å². The minimum Gasteiger partial charge on any atom is -0.496 e. The van der Waals surface area contributed by atoms with E-state index in [1.807, 2.05) is 43.3 Å². The lowest BCUT2D eigenvalue weighted by molar-refractivity contribution is 0.146. The monoisotopic (exact) mass is 197 g/mol. The number of hydrogen-bond donors (Lipinski definition) is 0. The second-order valence-corrected chi connectivity index (χ2v) is 3.64. The van der Waals surface area contributed by atoms with E-state index in [-0.39, 0.29) is 0 Å². The topological polar surface area (TPSA) is 19.0 Å². The first-order valence-corrected chi connectivity index (χ1v) is 4.72. The quantitative estimate of drug-likeness (QED) is 0.663. The third-order valence-corrected chi connectivity index (χ3v) is 2.07.